The molecule has 2 heterocycles. The molecule has 18 heavy (non-hydrogen) atoms. The summed E-state index contributed by atoms with van der Waals surface area (Å²) in [5.74, 6) is 0.348. The van der Waals surface area contributed by atoms with E-state index >= 15 is 0 Å². The van der Waals surface area contributed by atoms with Crippen molar-refractivity contribution in [2.24, 2.45) is 4.99 Å². The first-order valence-corrected chi connectivity index (χ1v) is 6.45. The molecule has 1 saturated heterocycles. The number of fused-ring (bicyclic) bond motifs is 1. The van der Waals surface area contributed by atoms with Crippen molar-refractivity contribution in [2.75, 3.05) is 6.61 Å². The molecule has 0 aromatic heterocycles. The number of aliphatic imine (C=N–C) groups is 1. The van der Waals surface area contributed by atoms with Crippen LogP contribution in [0.1, 0.15) is 6.42 Å². The minimum Gasteiger partial charge on any atom is -0.491 e. The minimum atomic E-state index is -1.72. The van der Waals surface area contributed by atoms with Crippen LogP contribution in [-0.2, 0) is 14.3 Å². The van der Waals surface area contributed by atoms with Crippen molar-refractivity contribution in [1.29, 1.82) is 0 Å². The Morgan fingerprint density at radius 1 is 1.44 bits per heavy atom. The number of carbonyl (C=O) groups excluding carboxylic acids is 1. The summed E-state index contributed by atoms with van der Waals surface area (Å²) >= 11 is 17.4. The number of rotatable bonds is 0. The van der Waals surface area contributed by atoms with Gasteiger partial charge in [-0.1, -0.05) is 34.8 Å². The van der Waals surface area contributed by atoms with Gasteiger partial charge in [-0.2, -0.15) is 0 Å². The fourth-order valence-corrected chi connectivity index (χ4v) is 2.49. The van der Waals surface area contributed by atoms with Crippen LogP contribution in [-0.4, -0.2) is 33.7 Å². The highest BCUT2D eigenvalue weighted by Gasteiger charge is 2.51. The molecule has 3 rings (SSSR count). The van der Waals surface area contributed by atoms with Crippen LogP contribution in [0.3, 0.4) is 0 Å². The molecule has 0 unspecified atom stereocenters. The van der Waals surface area contributed by atoms with Crippen molar-refractivity contribution in [3.63, 3.8) is 0 Å². The van der Waals surface area contributed by atoms with Gasteiger partial charge in [0.2, 0.25) is 5.90 Å². The van der Waals surface area contributed by atoms with Crippen LogP contribution in [0.2, 0.25) is 0 Å². The van der Waals surface area contributed by atoms with E-state index < -0.39 is 9.39 Å². The maximum Gasteiger partial charge on any atom is 0.266 e. The van der Waals surface area contributed by atoms with E-state index in [1.165, 1.54) is 12.2 Å². The molecule has 1 aliphatic carbocycles. The van der Waals surface area contributed by atoms with Gasteiger partial charge in [0.1, 0.15) is 12.4 Å². The summed E-state index contributed by atoms with van der Waals surface area (Å²) in [6.45, 7) is 0.350. The molecule has 0 saturated carbocycles. The van der Waals surface area contributed by atoms with Crippen LogP contribution < -0.4 is 0 Å². The smallest absolute Gasteiger partial charge is 0.266 e. The first-order chi connectivity index (χ1) is 8.39. The Morgan fingerprint density at radius 3 is 2.94 bits per heavy atom. The van der Waals surface area contributed by atoms with Gasteiger partial charge in [0.15, 0.2) is 11.4 Å². The Bertz CT molecular complexity index is 506. The number of nitrogens with zero attached hydrogens (tertiary/aromatic N) is 1. The summed E-state index contributed by atoms with van der Waals surface area (Å²) in [5.41, 5.74) is -0.863. The van der Waals surface area contributed by atoms with Gasteiger partial charge in [-0.3, -0.25) is 4.79 Å². The zero-order chi connectivity index (χ0) is 13.0. The van der Waals surface area contributed by atoms with Gasteiger partial charge in [-0.25, -0.2) is 4.99 Å². The minimum absolute atomic E-state index is 0.0388. The summed E-state index contributed by atoms with van der Waals surface area (Å²) in [5, 5.41) is 0. The molecule has 0 N–H and O–H groups in total. The van der Waals surface area contributed by atoms with Crippen LogP contribution in [0.5, 0.6) is 0 Å². The number of ketones is 1. The van der Waals surface area contributed by atoms with Crippen molar-refractivity contribution in [3.05, 3.63) is 24.0 Å². The van der Waals surface area contributed by atoms with Crippen molar-refractivity contribution in [1.82, 2.24) is 0 Å². The Morgan fingerprint density at radius 2 is 2.22 bits per heavy atom. The van der Waals surface area contributed by atoms with Crippen LogP contribution in [0.15, 0.2) is 29.0 Å². The SMILES string of the molecule is O=C1C=C[C@@]23C[C@@H](COC2=C1)N=C(C(Cl)(Cl)Cl)O3. The average molecular weight is 309 g/mol. The van der Waals surface area contributed by atoms with Crippen LogP contribution in [0, 0.1) is 0 Å². The molecule has 4 nitrogen and oxygen atoms in total. The lowest BCUT2D eigenvalue weighted by Crippen LogP contribution is -2.51. The van der Waals surface area contributed by atoms with E-state index in [1.807, 2.05) is 0 Å². The number of hydrogen-bond acceptors (Lipinski definition) is 4. The maximum absolute atomic E-state index is 11.3. The molecule has 2 bridgehead atoms. The van der Waals surface area contributed by atoms with E-state index in [0.717, 1.165) is 0 Å². The third kappa shape index (κ3) is 1.92. The molecule has 0 radical (unpaired) electrons. The highest BCUT2D eigenvalue weighted by molar-refractivity contribution is 6.76. The zero-order valence-corrected chi connectivity index (χ0v) is 11.3. The summed E-state index contributed by atoms with van der Waals surface area (Å²) in [7, 11) is 0. The standard InChI is InChI=1S/C11H8Cl3NO3/c12-11(13,14)9-15-6-4-10(18-9)2-1-7(16)3-8(10)17-5-6/h1-3,6H,4-5H2/t6-,10+/m0/s1. The second kappa shape index (κ2) is 3.89. The molecular formula is C11H8Cl3NO3. The monoisotopic (exact) mass is 307 g/mol. The lowest BCUT2D eigenvalue weighted by atomic mass is 9.85. The highest BCUT2D eigenvalue weighted by atomic mass is 35.6. The van der Waals surface area contributed by atoms with Gasteiger partial charge < -0.3 is 9.47 Å². The number of carbonyl (C=O) groups is 1. The van der Waals surface area contributed by atoms with Gasteiger partial charge in [0, 0.05) is 12.5 Å². The lowest BCUT2D eigenvalue weighted by Gasteiger charge is -2.44. The maximum atomic E-state index is 11.3. The van der Waals surface area contributed by atoms with Crippen molar-refractivity contribution in [2.45, 2.75) is 21.9 Å². The first kappa shape index (κ1) is 12.3. The number of halogens is 3. The van der Waals surface area contributed by atoms with E-state index in [1.54, 1.807) is 6.08 Å². The predicted molar refractivity (Wildman–Crippen MR) is 68.1 cm³/mol. The number of ether oxygens (including phenoxy) is 2. The lowest BCUT2D eigenvalue weighted by molar-refractivity contribution is -0.111. The van der Waals surface area contributed by atoms with Crippen LogP contribution >= 0.6 is 34.8 Å². The quantitative estimate of drug-likeness (QED) is 0.645. The van der Waals surface area contributed by atoms with Gasteiger partial charge in [0.25, 0.3) is 3.79 Å². The first-order valence-electron chi connectivity index (χ1n) is 5.31. The molecule has 96 valence electrons. The van der Waals surface area contributed by atoms with Crippen LogP contribution in [0.25, 0.3) is 0 Å². The third-order valence-corrected chi connectivity index (χ3v) is 3.48. The zero-order valence-electron chi connectivity index (χ0n) is 9.03. The van der Waals surface area contributed by atoms with Crippen molar-refractivity contribution >= 4 is 46.5 Å². The normalized spacial score (nSPS) is 33.9. The highest BCUT2D eigenvalue weighted by Crippen LogP contribution is 2.43. The molecule has 2 atom stereocenters. The Balaban J connectivity index is 2.03. The molecular weight excluding hydrogens is 300 g/mol. The summed E-state index contributed by atoms with van der Waals surface area (Å²) < 4.78 is 9.46. The second-order valence-corrected chi connectivity index (χ2v) is 6.62. The number of alkyl halides is 3. The largest absolute Gasteiger partial charge is 0.491 e. The van der Waals surface area contributed by atoms with Crippen molar-refractivity contribution in [3.8, 4) is 0 Å². The van der Waals surface area contributed by atoms with E-state index in [9.17, 15) is 4.79 Å². The van der Waals surface area contributed by atoms with E-state index in [2.05, 4.69) is 4.99 Å². The predicted octanol–water partition coefficient (Wildman–Crippen LogP) is 2.34. The molecule has 1 spiro atoms. The van der Waals surface area contributed by atoms with Crippen LogP contribution in [0.4, 0.5) is 0 Å². The van der Waals surface area contributed by atoms with E-state index in [0.29, 0.717) is 18.8 Å². The van der Waals surface area contributed by atoms with Gasteiger partial charge in [-0.05, 0) is 12.2 Å². The second-order valence-electron chi connectivity index (χ2n) is 4.34. The average Bonchev–Trinajstić information content (AvgIpc) is 2.28. The van der Waals surface area contributed by atoms with Gasteiger partial charge in [0.05, 0.1) is 6.04 Å². The topological polar surface area (TPSA) is 47.9 Å². The molecule has 7 heteroatoms. The van der Waals surface area contributed by atoms with E-state index in [4.69, 9.17) is 44.3 Å². The fourth-order valence-electron chi connectivity index (χ4n) is 2.23. The number of allylic oxidation sites excluding steroid dienone is 2. The Labute approximate surface area is 118 Å². The molecule has 3 aliphatic rings. The summed E-state index contributed by atoms with van der Waals surface area (Å²) in [4.78, 5) is 15.6. The van der Waals surface area contributed by atoms with E-state index in [-0.39, 0.29) is 17.7 Å². The molecule has 0 amide bonds. The Hall–Kier alpha value is -0.710. The molecule has 2 aliphatic heterocycles. The summed E-state index contributed by atoms with van der Waals surface area (Å²) in [6, 6.07) is -0.139. The fraction of sp³-hybridized carbons (Fsp3) is 0.455. The third-order valence-electron chi connectivity index (χ3n) is 3.00. The van der Waals surface area contributed by atoms with Gasteiger partial charge in [-0.15, -0.1) is 0 Å². The summed E-state index contributed by atoms with van der Waals surface area (Å²) in [6.07, 6.45) is 5.04. The van der Waals surface area contributed by atoms with Crippen molar-refractivity contribution < 1.29 is 14.3 Å². The Kier molecular flexibility index (Phi) is 2.66. The molecule has 1 fully saturated rings. The molecule has 0 aromatic carbocycles. The number of hydrogen-bond donors (Lipinski definition) is 0. The van der Waals surface area contributed by atoms with Gasteiger partial charge >= 0.3 is 0 Å². The molecule has 0 aromatic rings.